The molecule has 0 aliphatic carbocycles. The van der Waals surface area contributed by atoms with E-state index in [2.05, 4.69) is 4.72 Å². The van der Waals surface area contributed by atoms with E-state index < -0.39 is 10.0 Å². The molecule has 3 heterocycles. The lowest BCUT2D eigenvalue weighted by molar-refractivity contribution is -0.135. The van der Waals surface area contributed by atoms with Crippen molar-refractivity contribution in [2.45, 2.75) is 49.5 Å². The number of benzene rings is 1. The third-order valence-electron chi connectivity index (χ3n) is 6.49. The molecular weight excluding hydrogens is 418 g/mol. The van der Waals surface area contributed by atoms with E-state index in [-0.39, 0.29) is 35.3 Å². The molecule has 1 unspecified atom stereocenters. The zero-order valence-electron chi connectivity index (χ0n) is 17.8. The molecule has 4 rings (SSSR count). The SMILES string of the molecule is O=C(c1ccc(S(=O)(=O)NCC2CCCO2)cc1)N1CCC(C(=O)N2CCCC2)CC1. The molecule has 0 spiro atoms. The second-order valence-corrected chi connectivity index (χ2v) is 10.4. The van der Waals surface area contributed by atoms with Crippen LogP contribution in [0.4, 0.5) is 0 Å². The molecule has 1 aromatic carbocycles. The van der Waals surface area contributed by atoms with E-state index in [1.54, 1.807) is 17.0 Å². The molecule has 8 nitrogen and oxygen atoms in total. The number of ether oxygens (including phenoxy) is 1. The van der Waals surface area contributed by atoms with E-state index >= 15 is 0 Å². The van der Waals surface area contributed by atoms with E-state index in [1.165, 1.54) is 12.1 Å². The van der Waals surface area contributed by atoms with Crippen molar-refractivity contribution in [1.29, 1.82) is 0 Å². The average Bonchev–Trinajstić information content (AvgIpc) is 3.51. The van der Waals surface area contributed by atoms with Gasteiger partial charge in [-0.15, -0.1) is 0 Å². The Morgan fingerprint density at radius 3 is 2.23 bits per heavy atom. The Morgan fingerprint density at radius 1 is 0.935 bits per heavy atom. The van der Waals surface area contributed by atoms with Gasteiger partial charge in [-0.3, -0.25) is 9.59 Å². The first-order valence-electron chi connectivity index (χ1n) is 11.2. The molecule has 2 amide bonds. The third kappa shape index (κ3) is 5.27. The van der Waals surface area contributed by atoms with Gasteiger partial charge in [0.2, 0.25) is 15.9 Å². The number of rotatable bonds is 6. The van der Waals surface area contributed by atoms with Crippen molar-refractivity contribution in [2.24, 2.45) is 5.92 Å². The lowest BCUT2D eigenvalue weighted by Crippen LogP contribution is -2.43. The van der Waals surface area contributed by atoms with Gasteiger partial charge >= 0.3 is 0 Å². The van der Waals surface area contributed by atoms with E-state index in [0.29, 0.717) is 38.1 Å². The van der Waals surface area contributed by atoms with Crippen LogP contribution in [0.5, 0.6) is 0 Å². The van der Waals surface area contributed by atoms with Crippen molar-refractivity contribution in [2.75, 3.05) is 39.3 Å². The van der Waals surface area contributed by atoms with Crippen molar-refractivity contribution in [3.05, 3.63) is 29.8 Å². The van der Waals surface area contributed by atoms with Crippen LogP contribution in [0.15, 0.2) is 29.2 Å². The van der Waals surface area contributed by atoms with Crippen LogP contribution >= 0.6 is 0 Å². The first-order valence-corrected chi connectivity index (χ1v) is 12.7. The zero-order chi connectivity index (χ0) is 21.8. The number of carbonyl (C=O) groups is 2. The summed E-state index contributed by atoms with van der Waals surface area (Å²) in [6.45, 7) is 3.74. The first kappa shape index (κ1) is 22.2. The summed E-state index contributed by atoms with van der Waals surface area (Å²) in [5.74, 6) is 0.114. The van der Waals surface area contributed by atoms with E-state index in [4.69, 9.17) is 4.74 Å². The number of hydrogen-bond acceptors (Lipinski definition) is 5. The topological polar surface area (TPSA) is 96.0 Å². The first-order chi connectivity index (χ1) is 14.9. The van der Waals surface area contributed by atoms with Crippen LogP contribution in [0.3, 0.4) is 0 Å². The third-order valence-corrected chi connectivity index (χ3v) is 7.93. The molecule has 3 aliphatic heterocycles. The number of sulfonamides is 1. The Labute approximate surface area is 184 Å². The molecule has 1 atom stereocenters. The highest BCUT2D eigenvalue weighted by molar-refractivity contribution is 7.89. The predicted molar refractivity (Wildman–Crippen MR) is 115 cm³/mol. The molecule has 0 radical (unpaired) electrons. The van der Waals surface area contributed by atoms with Crippen molar-refractivity contribution in [1.82, 2.24) is 14.5 Å². The van der Waals surface area contributed by atoms with Crippen LogP contribution in [0.2, 0.25) is 0 Å². The molecule has 170 valence electrons. The summed E-state index contributed by atoms with van der Waals surface area (Å²) < 4.78 is 33.0. The number of nitrogens with one attached hydrogen (secondary N) is 1. The smallest absolute Gasteiger partial charge is 0.253 e. The quantitative estimate of drug-likeness (QED) is 0.712. The number of amides is 2. The minimum atomic E-state index is -3.64. The lowest BCUT2D eigenvalue weighted by Gasteiger charge is -2.33. The fraction of sp³-hybridized carbons (Fsp3) is 0.636. The maximum atomic E-state index is 12.8. The predicted octanol–water partition coefficient (Wildman–Crippen LogP) is 1.62. The van der Waals surface area contributed by atoms with Crippen LogP contribution < -0.4 is 4.72 Å². The normalized spacial score (nSPS) is 22.8. The Hall–Kier alpha value is -1.97. The fourth-order valence-corrected chi connectivity index (χ4v) is 5.64. The highest BCUT2D eigenvalue weighted by Crippen LogP contribution is 2.23. The van der Waals surface area contributed by atoms with E-state index in [1.807, 2.05) is 4.90 Å². The molecular formula is C22H31N3O5S. The number of nitrogens with zero attached hydrogens (tertiary/aromatic N) is 2. The Balaban J connectivity index is 1.30. The van der Waals surface area contributed by atoms with Gasteiger partial charge in [0.1, 0.15) is 0 Å². The van der Waals surface area contributed by atoms with Crippen molar-refractivity contribution in [3.8, 4) is 0 Å². The monoisotopic (exact) mass is 449 g/mol. The van der Waals surface area contributed by atoms with Crippen LogP contribution in [-0.2, 0) is 19.6 Å². The van der Waals surface area contributed by atoms with Gasteiger partial charge in [0.05, 0.1) is 11.0 Å². The molecule has 31 heavy (non-hydrogen) atoms. The number of carbonyl (C=O) groups excluding carboxylic acids is 2. The maximum Gasteiger partial charge on any atom is 0.253 e. The van der Waals surface area contributed by atoms with Crippen molar-refractivity contribution >= 4 is 21.8 Å². The minimum Gasteiger partial charge on any atom is -0.377 e. The molecule has 3 saturated heterocycles. The summed E-state index contributed by atoms with van der Waals surface area (Å²) in [6.07, 6.45) is 5.26. The summed E-state index contributed by atoms with van der Waals surface area (Å²) in [6, 6.07) is 6.05. The van der Waals surface area contributed by atoms with Gasteiger partial charge in [0.15, 0.2) is 0 Å². The Kier molecular flexibility index (Phi) is 6.93. The van der Waals surface area contributed by atoms with Crippen molar-refractivity contribution < 1.29 is 22.7 Å². The second kappa shape index (κ2) is 9.67. The summed E-state index contributed by atoms with van der Waals surface area (Å²) in [7, 11) is -3.64. The zero-order valence-corrected chi connectivity index (χ0v) is 18.6. The molecule has 1 N–H and O–H groups in total. The van der Waals surface area contributed by atoms with Crippen LogP contribution in [-0.4, -0.2) is 75.5 Å². The highest BCUT2D eigenvalue weighted by Gasteiger charge is 2.31. The summed E-state index contributed by atoms with van der Waals surface area (Å²) >= 11 is 0. The van der Waals surface area contributed by atoms with E-state index in [0.717, 1.165) is 38.8 Å². The number of hydrogen-bond donors (Lipinski definition) is 1. The van der Waals surface area contributed by atoms with Crippen molar-refractivity contribution in [3.63, 3.8) is 0 Å². The summed E-state index contributed by atoms with van der Waals surface area (Å²) in [4.78, 5) is 29.3. The number of likely N-dealkylation sites (tertiary alicyclic amines) is 2. The van der Waals surface area contributed by atoms with Crippen LogP contribution in [0.25, 0.3) is 0 Å². The van der Waals surface area contributed by atoms with Gasteiger partial charge in [-0.05, 0) is 62.8 Å². The largest absolute Gasteiger partial charge is 0.377 e. The molecule has 3 fully saturated rings. The average molecular weight is 450 g/mol. The summed E-state index contributed by atoms with van der Waals surface area (Å²) in [5, 5.41) is 0. The fourth-order valence-electron chi connectivity index (χ4n) is 4.58. The molecule has 0 bridgehead atoms. The number of piperidine rings is 1. The van der Waals surface area contributed by atoms with Gasteiger partial charge < -0.3 is 14.5 Å². The van der Waals surface area contributed by atoms with Crippen LogP contribution in [0.1, 0.15) is 48.9 Å². The van der Waals surface area contributed by atoms with Gasteiger partial charge in [0.25, 0.3) is 5.91 Å². The minimum absolute atomic E-state index is 0.00425. The Bertz CT molecular complexity index is 882. The molecule has 9 heteroatoms. The Morgan fingerprint density at radius 2 is 1.61 bits per heavy atom. The molecule has 0 saturated carbocycles. The van der Waals surface area contributed by atoms with Gasteiger partial charge in [-0.25, -0.2) is 13.1 Å². The highest BCUT2D eigenvalue weighted by atomic mass is 32.2. The second-order valence-electron chi connectivity index (χ2n) is 8.61. The van der Waals surface area contributed by atoms with Crippen LogP contribution in [0, 0.1) is 5.92 Å². The lowest BCUT2D eigenvalue weighted by atomic mass is 9.95. The maximum absolute atomic E-state index is 12.8. The van der Waals surface area contributed by atoms with E-state index in [9.17, 15) is 18.0 Å². The van der Waals surface area contributed by atoms with Gasteiger partial charge in [-0.1, -0.05) is 0 Å². The van der Waals surface area contributed by atoms with Gasteiger partial charge in [0, 0.05) is 50.8 Å². The molecule has 1 aromatic rings. The van der Waals surface area contributed by atoms with Gasteiger partial charge in [-0.2, -0.15) is 0 Å². The molecule has 3 aliphatic rings. The molecule has 0 aromatic heterocycles. The standard InChI is InChI=1S/C22H31N3O5S/c26-21(25-13-9-18(10-14-25)22(27)24-11-1-2-12-24)17-5-7-20(8-6-17)31(28,29)23-16-19-4-3-15-30-19/h5-8,18-19,23H,1-4,9-16H2. The summed E-state index contributed by atoms with van der Waals surface area (Å²) in [5.41, 5.74) is 0.461.